The van der Waals surface area contributed by atoms with Crippen LogP contribution in [0.4, 0.5) is 0 Å². The molecule has 2 atom stereocenters. The van der Waals surface area contributed by atoms with Crippen LogP contribution in [-0.4, -0.2) is 28.8 Å². The average Bonchev–Trinajstić information content (AvgIpc) is 2.71. The van der Waals surface area contributed by atoms with E-state index in [0.29, 0.717) is 12.0 Å². The molecule has 2 N–H and O–H groups in total. The Kier molecular flexibility index (Phi) is 7.85. The molecule has 1 aliphatic carbocycles. The standard InChI is InChI=1S/C24H34N2O/c1-19(18-20-12-14-22(27)15-13-20)25-17-7-10-23(21-8-3-2-4-9-21)24-11-5-6-16-26-24/h2-6,8-9,11,16,19-20,22-23,25,27H,7,10,12-15,17-18H2,1H3. The van der Waals surface area contributed by atoms with Crippen LogP contribution in [0.15, 0.2) is 54.7 Å². The van der Waals surface area contributed by atoms with Gasteiger partial charge in [0.05, 0.1) is 6.10 Å². The van der Waals surface area contributed by atoms with Gasteiger partial charge in [0.25, 0.3) is 0 Å². The Balaban J connectivity index is 1.45. The van der Waals surface area contributed by atoms with Gasteiger partial charge >= 0.3 is 0 Å². The Hall–Kier alpha value is -1.71. The molecule has 0 bridgehead atoms. The minimum atomic E-state index is -0.0500. The summed E-state index contributed by atoms with van der Waals surface area (Å²) in [6.07, 6.45) is 9.67. The van der Waals surface area contributed by atoms with Gasteiger partial charge in [0.1, 0.15) is 0 Å². The lowest BCUT2D eigenvalue weighted by molar-refractivity contribution is 0.104. The van der Waals surface area contributed by atoms with Crippen LogP contribution in [0.25, 0.3) is 0 Å². The Morgan fingerprint density at radius 1 is 1.04 bits per heavy atom. The van der Waals surface area contributed by atoms with Crippen LogP contribution in [-0.2, 0) is 0 Å². The van der Waals surface area contributed by atoms with E-state index in [2.05, 4.69) is 59.7 Å². The first-order valence-electron chi connectivity index (χ1n) is 10.6. The fourth-order valence-corrected chi connectivity index (χ4v) is 4.37. The van der Waals surface area contributed by atoms with E-state index in [-0.39, 0.29) is 6.10 Å². The molecule has 1 aliphatic rings. The van der Waals surface area contributed by atoms with Gasteiger partial charge in [-0.2, -0.15) is 0 Å². The molecule has 3 heteroatoms. The number of nitrogens with one attached hydrogen (secondary N) is 1. The molecule has 3 nitrogen and oxygen atoms in total. The number of aliphatic hydroxyl groups excluding tert-OH is 1. The van der Waals surface area contributed by atoms with E-state index in [0.717, 1.165) is 43.8 Å². The van der Waals surface area contributed by atoms with E-state index >= 15 is 0 Å². The zero-order valence-electron chi connectivity index (χ0n) is 16.6. The SMILES string of the molecule is CC(CC1CCC(O)CC1)NCCCC(c1ccccc1)c1ccccn1. The van der Waals surface area contributed by atoms with Crippen LogP contribution in [0.3, 0.4) is 0 Å². The largest absolute Gasteiger partial charge is 0.393 e. The highest BCUT2D eigenvalue weighted by Gasteiger charge is 2.21. The maximum Gasteiger partial charge on any atom is 0.0540 e. The number of aromatic nitrogens is 1. The van der Waals surface area contributed by atoms with Gasteiger partial charge < -0.3 is 10.4 Å². The molecule has 2 aromatic rings. The fraction of sp³-hybridized carbons (Fsp3) is 0.542. The van der Waals surface area contributed by atoms with E-state index < -0.39 is 0 Å². The molecule has 2 unspecified atom stereocenters. The van der Waals surface area contributed by atoms with Gasteiger partial charge in [-0.05, 0) is 82.0 Å². The molecule has 1 aromatic heterocycles. The van der Waals surface area contributed by atoms with Crippen LogP contribution in [0.5, 0.6) is 0 Å². The van der Waals surface area contributed by atoms with Gasteiger partial charge in [-0.25, -0.2) is 0 Å². The molecule has 1 fully saturated rings. The maximum absolute atomic E-state index is 9.65. The third-order valence-corrected chi connectivity index (χ3v) is 5.91. The van der Waals surface area contributed by atoms with Crippen LogP contribution >= 0.6 is 0 Å². The van der Waals surface area contributed by atoms with Crippen molar-refractivity contribution < 1.29 is 5.11 Å². The normalized spacial score (nSPS) is 22.3. The number of hydrogen-bond acceptors (Lipinski definition) is 3. The van der Waals surface area contributed by atoms with Crippen molar-refractivity contribution in [1.29, 1.82) is 0 Å². The van der Waals surface area contributed by atoms with Gasteiger partial charge in [-0.1, -0.05) is 36.4 Å². The highest BCUT2D eigenvalue weighted by Crippen LogP contribution is 2.29. The minimum absolute atomic E-state index is 0.0500. The minimum Gasteiger partial charge on any atom is -0.393 e. The zero-order valence-corrected chi connectivity index (χ0v) is 16.6. The Bertz CT molecular complexity index is 598. The molecule has 0 aliphatic heterocycles. The van der Waals surface area contributed by atoms with E-state index in [1.807, 2.05) is 12.3 Å². The summed E-state index contributed by atoms with van der Waals surface area (Å²) in [4.78, 5) is 4.61. The molecular weight excluding hydrogens is 332 g/mol. The first-order chi connectivity index (χ1) is 13.2. The Morgan fingerprint density at radius 3 is 2.48 bits per heavy atom. The second-order valence-corrected chi connectivity index (χ2v) is 8.13. The van der Waals surface area contributed by atoms with Crippen LogP contribution in [0.1, 0.15) is 69.0 Å². The van der Waals surface area contributed by atoms with E-state index in [9.17, 15) is 5.11 Å². The monoisotopic (exact) mass is 366 g/mol. The summed E-state index contributed by atoms with van der Waals surface area (Å²) in [5, 5.41) is 13.4. The third kappa shape index (κ3) is 6.44. The van der Waals surface area contributed by atoms with Crippen molar-refractivity contribution in [1.82, 2.24) is 10.3 Å². The maximum atomic E-state index is 9.65. The number of hydrogen-bond donors (Lipinski definition) is 2. The average molecular weight is 367 g/mol. The molecule has 1 saturated carbocycles. The third-order valence-electron chi connectivity index (χ3n) is 5.91. The Labute approximate surface area is 164 Å². The molecule has 0 amide bonds. The van der Waals surface area contributed by atoms with Crippen molar-refractivity contribution in [3.8, 4) is 0 Å². The van der Waals surface area contributed by atoms with Crippen molar-refractivity contribution in [2.75, 3.05) is 6.54 Å². The molecule has 27 heavy (non-hydrogen) atoms. The van der Waals surface area contributed by atoms with Crippen LogP contribution < -0.4 is 5.32 Å². The van der Waals surface area contributed by atoms with E-state index in [1.54, 1.807) is 0 Å². The van der Waals surface area contributed by atoms with Gasteiger partial charge in [0, 0.05) is 23.9 Å². The summed E-state index contributed by atoms with van der Waals surface area (Å²) in [6.45, 7) is 3.35. The summed E-state index contributed by atoms with van der Waals surface area (Å²) in [6, 6.07) is 17.5. The smallest absolute Gasteiger partial charge is 0.0540 e. The number of benzene rings is 1. The lowest BCUT2D eigenvalue weighted by Crippen LogP contribution is -2.31. The zero-order chi connectivity index (χ0) is 18.9. The second kappa shape index (κ2) is 10.6. The molecule has 146 valence electrons. The topological polar surface area (TPSA) is 45.1 Å². The molecule has 3 rings (SSSR count). The summed E-state index contributed by atoms with van der Waals surface area (Å²) < 4.78 is 0. The Morgan fingerprint density at radius 2 is 1.78 bits per heavy atom. The lowest BCUT2D eigenvalue weighted by atomic mass is 9.83. The first kappa shape index (κ1) is 20.0. The molecule has 0 spiro atoms. The lowest BCUT2D eigenvalue weighted by Gasteiger charge is -2.28. The summed E-state index contributed by atoms with van der Waals surface area (Å²) in [5.41, 5.74) is 2.52. The summed E-state index contributed by atoms with van der Waals surface area (Å²) in [7, 11) is 0. The first-order valence-corrected chi connectivity index (χ1v) is 10.6. The highest BCUT2D eigenvalue weighted by molar-refractivity contribution is 5.28. The van der Waals surface area contributed by atoms with Gasteiger partial charge in [0.2, 0.25) is 0 Å². The predicted molar refractivity (Wildman–Crippen MR) is 112 cm³/mol. The molecular formula is C24H34N2O. The molecule has 0 saturated heterocycles. The van der Waals surface area contributed by atoms with E-state index in [1.165, 1.54) is 24.8 Å². The highest BCUT2D eigenvalue weighted by atomic mass is 16.3. The van der Waals surface area contributed by atoms with Gasteiger partial charge in [0.15, 0.2) is 0 Å². The predicted octanol–water partition coefficient (Wildman–Crippen LogP) is 4.91. The molecule has 1 heterocycles. The van der Waals surface area contributed by atoms with Crippen molar-refractivity contribution in [3.63, 3.8) is 0 Å². The van der Waals surface area contributed by atoms with Gasteiger partial charge in [-0.3, -0.25) is 4.98 Å². The van der Waals surface area contributed by atoms with Crippen molar-refractivity contribution in [3.05, 3.63) is 66.0 Å². The van der Waals surface area contributed by atoms with Crippen LogP contribution in [0, 0.1) is 5.92 Å². The quantitative estimate of drug-likeness (QED) is 0.620. The van der Waals surface area contributed by atoms with E-state index in [4.69, 9.17) is 0 Å². The number of rotatable bonds is 9. The van der Waals surface area contributed by atoms with Crippen molar-refractivity contribution in [2.24, 2.45) is 5.92 Å². The summed E-state index contributed by atoms with van der Waals surface area (Å²) >= 11 is 0. The number of nitrogens with zero attached hydrogens (tertiary/aromatic N) is 1. The van der Waals surface area contributed by atoms with Crippen molar-refractivity contribution in [2.45, 2.75) is 69.9 Å². The molecule has 0 radical (unpaired) electrons. The van der Waals surface area contributed by atoms with Gasteiger partial charge in [-0.15, -0.1) is 0 Å². The van der Waals surface area contributed by atoms with Crippen molar-refractivity contribution >= 4 is 0 Å². The summed E-state index contributed by atoms with van der Waals surface area (Å²) in [5.74, 6) is 1.14. The number of aliphatic hydroxyl groups is 1. The molecule has 1 aromatic carbocycles. The number of pyridine rings is 1. The van der Waals surface area contributed by atoms with Crippen LogP contribution in [0.2, 0.25) is 0 Å². The second-order valence-electron chi connectivity index (χ2n) is 8.13. The fourth-order valence-electron chi connectivity index (χ4n) is 4.37.